The van der Waals surface area contributed by atoms with E-state index in [1.165, 1.54) is 11.8 Å². The number of thioether (sulfide) groups is 1. The van der Waals surface area contributed by atoms with Gasteiger partial charge in [0.25, 0.3) is 0 Å². The molecular formula is C15H9Cl4NOS. The third-order valence-corrected chi connectivity index (χ3v) is 5.70. The molecule has 1 fully saturated rings. The van der Waals surface area contributed by atoms with Crippen molar-refractivity contribution in [3.8, 4) is 0 Å². The van der Waals surface area contributed by atoms with E-state index in [0.717, 1.165) is 5.56 Å². The molecule has 0 spiro atoms. The van der Waals surface area contributed by atoms with Crippen molar-refractivity contribution in [3.63, 3.8) is 0 Å². The number of halogens is 4. The lowest BCUT2D eigenvalue weighted by Crippen LogP contribution is -2.28. The molecular weight excluding hydrogens is 384 g/mol. The van der Waals surface area contributed by atoms with Crippen LogP contribution in [0.2, 0.25) is 20.1 Å². The predicted octanol–water partition coefficient (Wildman–Crippen LogP) is 6.08. The second-order valence-electron chi connectivity index (χ2n) is 4.70. The largest absolute Gasteiger partial charge is 0.295 e. The Balaban J connectivity index is 2.08. The minimum absolute atomic E-state index is 0.0237. The van der Waals surface area contributed by atoms with Gasteiger partial charge in [0.2, 0.25) is 5.91 Å². The first-order valence-electron chi connectivity index (χ1n) is 6.31. The molecule has 0 unspecified atom stereocenters. The average Bonchev–Trinajstić information content (AvgIpc) is 2.82. The monoisotopic (exact) mass is 391 g/mol. The number of benzene rings is 2. The summed E-state index contributed by atoms with van der Waals surface area (Å²) in [4.78, 5) is 14.0. The van der Waals surface area contributed by atoms with Crippen LogP contribution in [0.15, 0.2) is 36.4 Å². The van der Waals surface area contributed by atoms with Crippen LogP contribution in [0.25, 0.3) is 0 Å². The zero-order valence-electron chi connectivity index (χ0n) is 11.0. The zero-order valence-corrected chi connectivity index (χ0v) is 14.9. The summed E-state index contributed by atoms with van der Waals surface area (Å²) >= 11 is 26.0. The van der Waals surface area contributed by atoms with Crippen LogP contribution < -0.4 is 4.90 Å². The standard InChI is InChI=1S/C15H9Cl4NOS/c16-8-4-9(17)6-10(5-8)20-13(21)7-22-15(20)11-2-1-3-12(18)14(11)19/h1-6,15H,7H2/t15-/m1/s1. The van der Waals surface area contributed by atoms with Crippen LogP contribution in [-0.2, 0) is 4.79 Å². The summed E-state index contributed by atoms with van der Waals surface area (Å²) in [6.07, 6.45) is 0. The maximum Gasteiger partial charge on any atom is 0.238 e. The van der Waals surface area contributed by atoms with E-state index < -0.39 is 0 Å². The molecule has 0 N–H and O–H groups in total. The van der Waals surface area contributed by atoms with E-state index in [1.54, 1.807) is 29.2 Å². The van der Waals surface area contributed by atoms with Crippen molar-refractivity contribution in [2.75, 3.05) is 10.7 Å². The molecule has 0 aromatic heterocycles. The van der Waals surface area contributed by atoms with Gasteiger partial charge in [-0.2, -0.15) is 0 Å². The van der Waals surface area contributed by atoms with Crippen LogP contribution in [0.3, 0.4) is 0 Å². The fourth-order valence-corrected chi connectivity index (χ4v) is 4.52. The summed E-state index contributed by atoms with van der Waals surface area (Å²) in [5.41, 5.74) is 1.44. The van der Waals surface area contributed by atoms with Crippen LogP contribution in [-0.4, -0.2) is 11.7 Å². The minimum atomic E-state index is -0.256. The average molecular weight is 393 g/mol. The number of carbonyl (C=O) groups excluding carboxylic acids is 1. The Morgan fingerprint density at radius 3 is 2.41 bits per heavy atom. The molecule has 2 aromatic rings. The number of anilines is 1. The van der Waals surface area contributed by atoms with Crippen LogP contribution in [0.1, 0.15) is 10.9 Å². The molecule has 0 radical (unpaired) electrons. The molecule has 1 atom stereocenters. The molecule has 22 heavy (non-hydrogen) atoms. The Morgan fingerprint density at radius 2 is 1.73 bits per heavy atom. The van der Waals surface area contributed by atoms with Crippen molar-refractivity contribution in [1.29, 1.82) is 0 Å². The first-order chi connectivity index (χ1) is 10.5. The minimum Gasteiger partial charge on any atom is -0.295 e. The Hall–Kier alpha value is -0.580. The summed E-state index contributed by atoms with van der Waals surface area (Å²) in [7, 11) is 0. The van der Waals surface area contributed by atoms with Gasteiger partial charge in [0.1, 0.15) is 5.37 Å². The fraction of sp³-hybridized carbons (Fsp3) is 0.133. The second-order valence-corrected chi connectivity index (χ2v) is 7.42. The summed E-state index contributed by atoms with van der Waals surface area (Å²) in [5.74, 6) is 0.335. The fourth-order valence-electron chi connectivity index (χ4n) is 2.32. The smallest absolute Gasteiger partial charge is 0.238 e. The first-order valence-corrected chi connectivity index (χ1v) is 8.87. The van der Waals surface area contributed by atoms with Gasteiger partial charge in [-0.3, -0.25) is 9.69 Å². The molecule has 1 saturated heterocycles. The van der Waals surface area contributed by atoms with E-state index in [-0.39, 0.29) is 11.3 Å². The van der Waals surface area contributed by atoms with E-state index in [0.29, 0.717) is 31.5 Å². The van der Waals surface area contributed by atoms with Gasteiger partial charge in [-0.1, -0.05) is 58.5 Å². The summed E-state index contributed by atoms with van der Waals surface area (Å²) < 4.78 is 0. The van der Waals surface area contributed by atoms with Crippen molar-refractivity contribution in [1.82, 2.24) is 0 Å². The van der Waals surface area contributed by atoms with Gasteiger partial charge in [-0.25, -0.2) is 0 Å². The predicted molar refractivity (Wildman–Crippen MR) is 95.6 cm³/mol. The van der Waals surface area contributed by atoms with Gasteiger partial charge in [0, 0.05) is 21.3 Å². The van der Waals surface area contributed by atoms with Gasteiger partial charge in [0.05, 0.1) is 15.8 Å². The van der Waals surface area contributed by atoms with Crippen LogP contribution in [0.5, 0.6) is 0 Å². The maximum absolute atomic E-state index is 12.3. The molecule has 3 rings (SSSR count). The van der Waals surface area contributed by atoms with Crippen molar-refractivity contribution in [2.45, 2.75) is 5.37 Å². The molecule has 1 aliphatic heterocycles. The highest BCUT2D eigenvalue weighted by Crippen LogP contribution is 2.46. The molecule has 1 amide bonds. The lowest BCUT2D eigenvalue weighted by atomic mass is 10.2. The van der Waals surface area contributed by atoms with Crippen LogP contribution in [0, 0.1) is 0 Å². The van der Waals surface area contributed by atoms with E-state index >= 15 is 0 Å². The molecule has 1 aliphatic rings. The molecule has 7 heteroatoms. The Labute approximate surface area is 152 Å². The van der Waals surface area contributed by atoms with Gasteiger partial charge >= 0.3 is 0 Å². The Morgan fingerprint density at radius 1 is 1.05 bits per heavy atom. The Kier molecular flexibility index (Phi) is 4.81. The number of hydrogen-bond acceptors (Lipinski definition) is 2. The number of hydrogen-bond donors (Lipinski definition) is 0. The normalized spacial score (nSPS) is 18.1. The van der Waals surface area contributed by atoms with Gasteiger partial charge in [0.15, 0.2) is 0 Å². The van der Waals surface area contributed by atoms with Gasteiger partial charge in [-0.05, 0) is 24.3 Å². The lowest BCUT2D eigenvalue weighted by molar-refractivity contribution is -0.115. The summed E-state index contributed by atoms with van der Waals surface area (Å²) in [5, 5.41) is 1.61. The number of nitrogens with zero attached hydrogens (tertiary/aromatic N) is 1. The third-order valence-electron chi connectivity index (χ3n) is 3.24. The van der Waals surface area contributed by atoms with E-state index in [1.807, 2.05) is 12.1 Å². The number of rotatable bonds is 2. The number of amides is 1. The lowest BCUT2D eigenvalue weighted by Gasteiger charge is -2.25. The van der Waals surface area contributed by atoms with Crippen LogP contribution in [0.4, 0.5) is 5.69 Å². The zero-order chi connectivity index (χ0) is 15.9. The molecule has 114 valence electrons. The quantitative estimate of drug-likeness (QED) is 0.617. The van der Waals surface area contributed by atoms with Crippen LogP contribution >= 0.6 is 58.2 Å². The molecule has 0 bridgehead atoms. The van der Waals surface area contributed by atoms with E-state index in [9.17, 15) is 4.79 Å². The summed E-state index contributed by atoms with van der Waals surface area (Å²) in [6, 6.07) is 10.4. The number of carbonyl (C=O) groups is 1. The van der Waals surface area contributed by atoms with E-state index in [2.05, 4.69) is 0 Å². The van der Waals surface area contributed by atoms with Crippen molar-refractivity contribution >= 4 is 69.8 Å². The molecule has 0 saturated carbocycles. The maximum atomic E-state index is 12.3. The van der Waals surface area contributed by atoms with Crippen molar-refractivity contribution < 1.29 is 4.79 Å². The highest BCUT2D eigenvalue weighted by molar-refractivity contribution is 8.00. The van der Waals surface area contributed by atoms with Crippen molar-refractivity contribution in [3.05, 3.63) is 62.1 Å². The van der Waals surface area contributed by atoms with Crippen molar-refractivity contribution in [2.24, 2.45) is 0 Å². The first kappa shape index (κ1) is 16.3. The SMILES string of the molecule is O=C1CS[C@H](c2cccc(Cl)c2Cl)N1c1cc(Cl)cc(Cl)c1. The third kappa shape index (κ3) is 3.06. The van der Waals surface area contributed by atoms with E-state index in [4.69, 9.17) is 46.4 Å². The Bertz CT molecular complexity index is 732. The molecule has 1 heterocycles. The molecule has 2 nitrogen and oxygen atoms in total. The topological polar surface area (TPSA) is 20.3 Å². The van der Waals surface area contributed by atoms with Gasteiger partial charge < -0.3 is 0 Å². The summed E-state index contributed by atoms with van der Waals surface area (Å²) in [6.45, 7) is 0. The highest BCUT2D eigenvalue weighted by atomic mass is 35.5. The molecule has 2 aromatic carbocycles. The highest BCUT2D eigenvalue weighted by Gasteiger charge is 2.35. The second kappa shape index (κ2) is 6.50. The van der Waals surface area contributed by atoms with Gasteiger partial charge in [-0.15, -0.1) is 11.8 Å². The molecule has 0 aliphatic carbocycles.